The van der Waals surface area contributed by atoms with Crippen molar-refractivity contribution in [3.63, 3.8) is 0 Å². The summed E-state index contributed by atoms with van der Waals surface area (Å²) in [5, 5.41) is 17.5. The van der Waals surface area contributed by atoms with E-state index in [1.54, 1.807) is 0 Å². The molecular weight excluding hydrogens is 164 g/mol. The zero-order valence-corrected chi connectivity index (χ0v) is 7.12. The lowest BCUT2D eigenvalue weighted by molar-refractivity contribution is 0.527. The third-order valence-electron chi connectivity index (χ3n) is 2.32. The summed E-state index contributed by atoms with van der Waals surface area (Å²) >= 11 is 0. The highest BCUT2D eigenvalue weighted by atomic mass is 15.1. The summed E-state index contributed by atoms with van der Waals surface area (Å²) in [6.07, 6.45) is 3.03. The lowest BCUT2D eigenvalue weighted by Crippen LogP contribution is -2.11. The van der Waals surface area contributed by atoms with Crippen molar-refractivity contribution in [2.45, 2.75) is 25.8 Å². The largest absolute Gasteiger partial charge is 0.318 e. The lowest BCUT2D eigenvalue weighted by atomic mass is 10.1. The molecule has 2 heterocycles. The number of nitrogens with zero attached hydrogens (tertiary/aromatic N) is 4. The van der Waals surface area contributed by atoms with Gasteiger partial charge in [-0.05, 0) is 19.3 Å². The summed E-state index contributed by atoms with van der Waals surface area (Å²) in [5.41, 5.74) is 1.36. The van der Waals surface area contributed by atoms with E-state index in [9.17, 15) is 0 Å². The van der Waals surface area contributed by atoms with Gasteiger partial charge in [0, 0.05) is 6.54 Å². The molecule has 0 fully saturated rings. The molecule has 1 aliphatic rings. The molecule has 64 valence electrons. The smallest absolute Gasteiger partial charge is 0.214 e. The molecule has 0 bridgehead atoms. The number of rotatable bonds is 0. The first-order valence-corrected chi connectivity index (χ1v) is 4.26. The monoisotopic (exact) mass is 172 g/mol. The van der Waals surface area contributed by atoms with Crippen LogP contribution in [0, 0.1) is 22.7 Å². The number of fused-ring (bicyclic) bond motifs is 1. The number of imidazole rings is 1. The van der Waals surface area contributed by atoms with E-state index in [0.29, 0.717) is 11.5 Å². The summed E-state index contributed by atoms with van der Waals surface area (Å²) in [6.45, 7) is 0.826. The van der Waals surface area contributed by atoms with Crippen molar-refractivity contribution in [2.24, 2.45) is 0 Å². The Morgan fingerprint density at radius 2 is 2.08 bits per heavy atom. The summed E-state index contributed by atoms with van der Waals surface area (Å²) in [5.74, 6) is 0.381. The van der Waals surface area contributed by atoms with Crippen LogP contribution in [0.2, 0.25) is 0 Å². The molecule has 1 aromatic heterocycles. The summed E-state index contributed by atoms with van der Waals surface area (Å²) < 4.78 is 1.86. The molecule has 4 nitrogen and oxygen atoms in total. The van der Waals surface area contributed by atoms with E-state index in [-0.39, 0.29) is 0 Å². The van der Waals surface area contributed by atoms with Gasteiger partial charge in [-0.2, -0.15) is 10.5 Å². The van der Waals surface area contributed by atoms with Crippen molar-refractivity contribution >= 4 is 0 Å². The summed E-state index contributed by atoms with van der Waals surface area (Å²) in [6, 6.07) is 4.04. The van der Waals surface area contributed by atoms with Gasteiger partial charge in [0.2, 0.25) is 5.82 Å². The second kappa shape index (κ2) is 2.91. The first-order chi connectivity index (χ1) is 6.36. The molecule has 0 atom stereocenters. The van der Waals surface area contributed by atoms with Crippen LogP contribution in [0.1, 0.15) is 30.1 Å². The van der Waals surface area contributed by atoms with E-state index in [0.717, 1.165) is 31.5 Å². The van der Waals surface area contributed by atoms with Crippen LogP contribution in [-0.4, -0.2) is 9.55 Å². The normalized spacial score (nSPS) is 14.3. The molecule has 1 aliphatic heterocycles. The minimum Gasteiger partial charge on any atom is -0.318 e. The fourth-order valence-corrected chi connectivity index (χ4v) is 1.72. The van der Waals surface area contributed by atoms with Gasteiger partial charge in [-0.3, -0.25) is 0 Å². The predicted octanol–water partition coefficient (Wildman–Crippen LogP) is 0.963. The number of aromatic nitrogens is 2. The molecule has 0 unspecified atom stereocenters. The van der Waals surface area contributed by atoms with Gasteiger partial charge in [0.25, 0.3) is 0 Å². The molecule has 0 radical (unpaired) electrons. The van der Waals surface area contributed by atoms with Crippen molar-refractivity contribution in [3.05, 3.63) is 17.2 Å². The Hall–Kier alpha value is -1.81. The molecule has 0 spiro atoms. The molecule has 2 rings (SSSR count). The Balaban J connectivity index is 2.60. The van der Waals surface area contributed by atoms with E-state index < -0.39 is 0 Å². The van der Waals surface area contributed by atoms with Crippen LogP contribution < -0.4 is 0 Å². The van der Waals surface area contributed by atoms with Crippen LogP contribution >= 0.6 is 0 Å². The number of hydrogen-bond donors (Lipinski definition) is 0. The quantitative estimate of drug-likeness (QED) is 0.585. The SMILES string of the molecule is N#Cc1nc(C#N)n2c1CCCC2. The van der Waals surface area contributed by atoms with E-state index in [1.807, 2.05) is 16.7 Å². The molecule has 1 aromatic rings. The topological polar surface area (TPSA) is 65.4 Å². The lowest BCUT2D eigenvalue weighted by Gasteiger charge is -2.14. The zero-order valence-electron chi connectivity index (χ0n) is 7.12. The number of nitriles is 2. The maximum atomic E-state index is 8.77. The van der Waals surface area contributed by atoms with Crippen LogP contribution in [0.4, 0.5) is 0 Å². The molecule has 0 amide bonds. The Morgan fingerprint density at radius 3 is 2.77 bits per heavy atom. The zero-order chi connectivity index (χ0) is 9.26. The molecular formula is C9H8N4. The fraction of sp³-hybridized carbons (Fsp3) is 0.444. The van der Waals surface area contributed by atoms with Gasteiger partial charge in [-0.15, -0.1) is 0 Å². The van der Waals surface area contributed by atoms with E-state index in [2.05, 4.69) is 4.98 Å². The highest BCUT2D eigenvalue weighted by molar-refractivity contribution is 5.33. The third kappa shape index (κ3) is 1.08. The Morgan fingerprint density at radius 1 is 1.23 bits per heavy atom. The van der Waals surface area contributed by atoms with Gasteiger partial charge < -0.3 is 4.57 Å². The van der Waals surface area contributed by atoms with Crippen LogP contribution in [0.5, 0.6) is 0 Å². The average molecular weight is 172 g/mol. The molecule has 0 aromatic carbocycles. The standard InChI is InChI=1S/C9H8N4/c10-5-7-8-3-1-2-4-13(8)9(6-11)12-7/h1-4H2. The maximum absolute atomic E-state index is 8.77. The highest BCUT2D eigenvalue weighted by Gasteiger charge is 2.18. The van der Waals surface area contributed by atoms with Gasteiger partial charge >= 0.3 is 0 Å². The van der Waals surface area contributed by atoms with Crippen LogP contribution in [-0.2, 0) is 13.0 Å². The van der Waals surface area contributed by atoms with Gasteiger partial charge in [0.1, 0.15) is 12.1 Å². The van der Waals surface area contributed by atoms with Crippen LogP contribution in [0.3, 0.4) is 0 Å². The van der Waals surface area contributed by atoms with Crippen molar-refractivity contribution in [2.75, 3.05) is 0 Å². The van der Waals surface area contributed by atoms with Crippen molar-refractivity contribution in [1.29, 1.82) is 10.5 Å². The van der Waals surface area contributed by atoms with Gasteiger partial charge in [-0.25, -0.2) is 4.98 Å². The third-order valence-corrected chi connectivity index (χ3v) is 2.32. The molecule has 0 N–H and O–H groups in total. The predicted molar refractivity (Wildman–Crippen MR) is 44.6 cm³/mol. The van der Waals surface area contributed by atoms with Crippen molar-refractivity contribution < 1.29 is 0 Å². The minimum absolute atomic E-state index is 0.381. The molecule has 13 heavy (non-hydrogen) atoms. The van der Waals surface area contributed by atoms with Crippen LogP contribution in [0.25, 0.3) is 0 Å². The van der Waals surface area contributed by atoms with Crippen molar-refractivity contribution in [3.8, 4) is 12.1 Å². The number of hydrogen-bond acceptors (Lipinski definition) is 3. The first-order valence-electron chi connectivity index (χ1n) is 4.26. The van der Waals surface area contributed by atoms with Crippen molar-refractivity contribution in [1.82, 2.24) is 9.55 Å². The maximum Gasteiger partial charge on any atom is 0.214 e. The Kier molecular flexibility index (Phi) is 1.75. The summed E-state index contributed by atoms with van der Waals surface area (Å²) in [4.78, 5) is 3.97. The Labute approximate surface area is 76.0 Å². The summed E-state index contributed by atoms with van der Waals surface area (Å²) in [7, 11) is 0. The molecule has 0 saturated heterocycles. The Bertz CT molecular complexity index is 378. The highest BCUT2D eigenvalue weighted by Crippen LogP contribution is 2.19. The minimum atomic E-state index is 0.381. The average Bonchev–Trinajstić information content (AvgIpc) is 2.56. The van der Waals surface area contributed by atoms with Crippen LogP contribution in [0.15, 0.2) is 0 Å². The second-order valence-corrected chi connectivity index (χ2v) is 3.06. The van der Waals surface area contributed by atoms with E-state index >= 15 is 0 Å². The first kappa shape index (κ1) is 7.82. The second-order valence-electron chi connectivity index (χ2n) is 3.06. The molecule has 0 saturated carbocycles. The van der Waals surface area contributed by atoms with E-state index in [4.69, 9.17) is 10.5 Å². The fourth-order valence-electron chi connectivity index (χ4n) is 1.72. The molecule has 0 aliphatic carbocycles. The van der Waals surface area contributed by atoms with Gasteiger partial charge in [0.15, 0.2) is 5.69 Å². The van der Waals surface area contributed by atoms with Gasteiger partial charge in [-0.1, -0.05) is 0 Å². The molecule has 4 heteroatoms. The van der Waals surface area contributed by atoms with Gasteiger partial charge in [0.05, 0.1) is 5.69 Å². The van der Waals surface area contributed by atoms with E-state index in [1.165, 1.54) is 0 Å².